The molecule has 0 spiro atoms. The average Bonchev–Trinajstić information content (AvgIpc) is 2.05. The summed E-state index contributed by atoms with van der Waals surface area (Å²) in [5.41, 5.74) is 7.58. The van der Waals surface area contributed by atoms with Crippen LogP contribution in [0.4, 0.5) is 11.4 Å². The van der Waals surface area contributed by atoms with Gasteiger partial charge in [0.05, 0.1) is 0 Å². The lowest BCUT2D eigenvalue weighted by atomic mass is 10.2. The third-order valence-electron chi connectivity index (χ3n) is 1.81. The van der Waals surface area contributed by atoms with Crippen LogP contribution in [0.5, 0.6) is 0 Å². The molecule has 0 fully saturated rings. The topological polar surface area (TPSA) is 29.3 Å². The largest absolute Gasteiger partial charge is 0.399 e. The Bertz CT molecular complexity index is 224. The highest BCUT2D eigenvalue weighted by Crippen LogP contribution is 2.13. The Kier molecular flexibility index (Phi) is 7.87. The van der Waals surface area contributed by atoms with E-state index in [1.165, 1.54) is 5.69 Å². The maximum atomic E-state index is 5.55. The van der Waals surface area contributed by atoms with E-state index in [4.69, 9.17) is 5.73 Å². The predicted molar refractivity (Wildman–Crippen MR) is 64.3 cm³/mol. The highest BCUT2D eigenvalue weighted by Gasteiger charge is 1.94. The van der Waals surface area contributed by atoms with E-state index in [9.17, 15) is 0 Å². The minimum absolute atomic E-state index is 0. The van der Waals surface area contributed by atoms with Gasteiger partial charge in [-0.25, -0.2) is 0 Å². The first-order valence-electron chi connectivity index (χ1n) is 3.80. The summed E-state index contributed by atoms with van der Waals surface area (Å²) in [6, 6.07) is 7.89. The molecule has 0 saturated heterocycles. The first-order chi connectivity index (χ1) is 5.24. The predicted octanol–water partition coefficient (Wildman–Crippen LogP) is 2.57. The molecule has 1 aromatic rings. The second kappa shape index (κ2) is 6.87. The number of hydrogen-bond acceptors (Lipinski definition) is 2. The smallest absolute Gasteiger partial charge is 0.0365 e. The Labute approximate surface area is 91.9 Å². The van der Waals surface area contributed by atoms with Gasteiger partial charge in [-0.05, 0) is 31.2 Å². The van der Waals surface area contributed by atoms with Crippen molar-refractivity contribution in [3.8, 4) is 0 Å². The standard InChI is InChI=1S/C9H14N2.2ClH/c1-3-11(2)9-6-4-8(10)5-7-9;;/h4-7H,3,10H2,1-2H3;2*1H. The van der Waals surface area contributed by atoms with E-state index in [1.54, 1.807) is 0 Å². The van der Waals surface area contributed by atoms with Crippen molar-refractivity contribution >= 4 is 36.2 Å². The van der Waals surface area contributed by atoms with Gasteiger partial charge < -0.3 is 10.6 Å². The second-order valence-corrected chi connectivity index (χ2v) is 2.61. The zero-order valence-electron chi connectivity index (χ0n) is 7.86. The van der Waals surface area contributed by atoms with Crippen LogP contribution >= 0.6 is 24.8 Å². The van der Waals surface area contributed by atoms with Gasteiger partial charge in [-0.3, -0.25) is 0 Å². The highest BCUT2D eigenvalue weighted by atomic mass is 35.5. The van der Waals surface area contributed by atoms with Gasteiger partial charge in [0.2, 0.25) is 0 Å². The zero-order chi connectivity index (χ0) is 8.27. The summed E-state index contributed by atoms with van der Waals surface area (Å²) >= 11 is 0. The first kappa shape index (κ1) is 14.9. The van der Waals surface area contributed by atoms with E-state index in [2.05, 4.69) is 18.9 Å². The van der Waals surface area contributed by atoms with Gasteiger partial charge in [0.1, 0.15) is 0 Å². The van der Waals surface area contributed by atoms with Gasteiger partial charge in [-0.15, -0.1) is 24.8 Å². The highest BCUT2D eigenvalue weighted by molar-refractivity contribution is 5.85. The molecule has 2 nitrogen and oxygen atoms in total. The Morgan fingerprint density at radius 2 is 1.62 bits per heavy atom. The summed E-state index contributed by atoms with van der Waals surface area (Å²) in [5.74, 6) is 0. The number of benzene rings is 1. The van der Waals surface area contributed by atoms with Gasteiger partial charge in [0.15, 0.2) is 0 Å². The summed E-state index contributed by atoms with van der Waals surface area (Å²) in [4.78, 5) is 2.17. The minimum Gasteiger partial charge on any atom is -0.399 e. The normalized spacial score (nSPS) is 8.15. The number of hydrogen-bond donors (Lipinski definition) is 1. The summed E-state index contributed by atoms with van der Waals surface area (Å²) in [6.07, 6.45) is 0. The number of rotatable bonds is 2. The molecule has 0 amide bonds. The van der Waals surface area contributed by atoms with Gasteiger partial charge in [-0.2, -0.15) is 0 Å². The van der Waals surface area contributed by atoms with Crippen LogP contribution in [0.3, 0.4) is 0 Å². The summed E-state index contributed by atoms with van der Waals surface area (Å²) in [5, 5.41) is 0. The van der Waals surface area contributed by atoms with Gasteiger partial charge in [0.25, 0.3) is 0 Å². The summed E-state index contributed by atoms with van der Waals surface area (Å²) in [7, 11) is 2.06. The Morgan fingerprint density at radius 3 is 2.00 bits per heavy atom. The maximum absolute atomic E-state index is 5.55. The van der Waals surface area contributed by atoms with Crippen LogP contribution in [-0.2, 0) is 0 Å². The van der Waals surface area contributed by atoms with Gasteiger partial charge >= 0.3 is 0 Å². The SMILES string of the molecule is CCN(C)c1ccc(N)cc1.Cl.Cl. The van der Waals surface area contributed by atoms with Crippen molar-refractivity contribution in [3.63, 3.8) is 0 Å². The number of nitrogens with two attached hydrogens (primary N) is 1. The lowest BCUT2D eigenvalue weighted by molar-refractivity contribution is 0.968. The molecule has 0 aromatic heterocycles. The molecule has 2 N–H and O–H groups in total. The Balaban J connectivity index is 0. The monoisotopic (exact) mass is 222 g/mol. The fraction of sp³-hybridized carbons (Fsp3) is 0.333. The Morgan fingerprint density at radius 1 is 1.15 bits per heavy atom. The number of nitrogens with zero attached hydrogens (tertiary/aromatic N) is 1. The van der Waals surface area contributed by atoms with Crippen LogP contribution < -0.4 is 10.6 Å². The lowest BCUT2D eigenvalue weighted by Crippen LogP contribution is -2.15. The molecule has 0 aliphatic carbocycles. The van der Waals surface area contributed by atoms with E-state index in [-0.39, 0.29) is 24.8 Å². The maximum Gasteiger partial charge on any atom is 0.0365 e. The van der Waals surface area contributed by atoms with Gasteiger partial charge in [0, 0.05) is 25.0 Å². The van der Waals surface area contributed by atoms with Crippen LogP contribution in [0.1, 0.15) is 6.92 Å². The molecule has 4 heteroatoms. The van der Waals surface area contributed by atoms with Crippen molar-refractivity contribution in [1.29, 1.82) is 0 Å². The van der Waals surface area contributed by atoms with E-state index in [0.717, 1.165) is 12.2 Å². The zero-order valence-corrected chi connectivity index (χ0v) is 9.49. The van der Waals surface area contributed by atoms with E-state index >= 15 is 0 Å². The van der Waals surface area contributed by atoms with E-state index in [0.29, 0.717) is 0 Å². The van der Waals surface area contributed by atoms with Crippen molar-refractivity contribution in [3.05, 3.63) is 24.3 Å². The van der Waals surface area contributed by atoms with Crippen molar-refractivity contribution in [2.75, 3.05) is 24.2 Å². The molecule has 0 atom stereocenters. The molecule has 0 aliphatic rings. The summed E-state index contributed by atoms with van der Waals surface area (Å²) in [6.45, 7) is 3.14. The molecule has 76 valence electrons. The minimum atomic E-state index is 0. The molecule has 0 unspecified atom stereocenters. The fourth-order valence-electron chi connectivity index (χ4n) is 0.911. The lowest BCUT2D eigenvalue weighted by Gasteiger charge is -2.16. The second-order valence-electron chi connectivity index (χ2n) is 2.61. The van der Waals surface area contributed by atoms with Crippen LogP contribution in [-0.4, -0.2) is 13.6 Å². The molecular weight excluding hydrogens is 207 g/mol. The third kappa shape index (κ3) is 4.25. The van der Waals surface area contributed by atoms with Crippen LogP contribution in [0, 0.1) is 0 Å². The van der Waals surface area contributed by atoms with Crippen LogP contribution in [0.15, 0.2) is 24.3 Å². The molecule has 0 bridgehead atoms. The van der Waals surface area contributed by atoms with Crippen molar-refractivity contribution in [2.24, 2.45) is 0 Å². The quantitative estimate of drug-likeness (QED) is 0.780. The molecule has 13 heavy (non-hydrogen) atoms. The van der Waals surface area contributed by atoms with E-state index in [1.807, 2.05) is 24.3 Å². The van der Waals surface area contributed by atoms with Crippen molar-refractivity contribution in [2.45, 2.75) is 6.92 Å². The molecular formula is C9H16Cl2N2. The molecule has 0 heterocycles. The molecule has 0 aliphatic heterocycles. The molecule has 1 aromatic carbocycles. The number of anilines is 2. The third-order valence-corrected chi connectivity index (χ3v) is 1.81. The molecule has 0 saturated carbocycles. The van der Waals surface area contributed by atoms with Crippen LogP contribution in [0.2, 0.25) is 0 Å². The fourth-order valence-corrected chi connectivity index (χ4v) is 0.911. The Hall–Kier alpha value is -0.600. The van der Waals surface area contributed by atoms with Crippen molar-refractivity contribution in [1.82, 2.24) is 0 Å². The molecule has 0 radical (unpaired) electrons. The van der Waals surface area contributed by atoms with E-state index < -0.39 is 0 Å². The first-order valence-corrected chi connectivity index (χ1v) is 3.80. The van der Waals surface area contributed by atoms with Crippen LogP contribution in [0.25, 0.3) is 0 Å². The number of halogens is 2. The van der Waals surface area contributed by atoms with Gasteiger partial charge in [-0.1, -0.05) is 0 Å². The molecule has 1 rings (SSSR count). The number of nitrogen functional groups attached to an aromatic ring is 1. The van der Waals surface area contributed by atoms with Crippen molar-refractivity contribution < 1.29 is 0 Å². The summed E-state index contributed by atoms with van der Waals surface area (Å²) < 4.78 is 0. The average molecular weight is 223 g/mol.